The minimum absolute atomic E-state index is 0.0639. The van der Waals surface area contributed by atoms with E-state index in [1.807, 2.05) is 23.1 Å². The molecule has 0 aromatic heterocycles. The van der Waals surface area contributed by atoms with E-state index in [0.29, 0.717) is 17.4 Å². The highest BCUT2D eigenvalue weighted by Gasteiger charge is 2.31. The van der Waals surface area contributed by atoms with Crippen molar-refractivity contribution in [1.29, 1.82) is 0 Å². The van der Waals surface area contributed by atoms with Crippen molar-refractivity contribution >= 4 is 15.7 Å². The zero-order valence-electron chi connectivity index (χ0n) is 15.9. The summed E-state index contributed by atoms with van der Waals surface area (Å²) in [5.41, 5.74) is 1.20. The first-order valence-electron chi connectivity index (χ1n) is 9.90. The highest BCUT2D eigenvalue weighted by Crippen LogP contribution is 2.28. The van der Waals surface area contributed by atoms with Crippen LogP contribution in [0.25, 0.3) is 0 Å². The molecule has 2 saturated heterocycles. The molecule has 1 N–H and O–H groups in total. The number of carbonyl (C=O) groups excluding carboxylic acids is 1. The third-order valence-electron chi connectivity index (χ3n) is 5.95. The van der Waals surface area contributed by atoms with E-state index in [2.05, 4.69) is 5.32 Å². The van der Waals surface area contributed by atoms with Crippen molar-refractivity contribution in [1.82, 2.24) is 10.2 Å². The highest BCUT2D eigenvalue weighted by molar-refractivity contribution is 7.90. The van der Waals surface area contributed by atoms with Gasteiger partial charge in [-0.05, 0) is 61.5 Å². The standard InChI is InChI=1S/C22H26N2O3S/c25-22(24-11-9-19-14-23-15-20(19)10-12-24)18-7-4-8-21(13-18)28(26,27)16-17-5-2-1-3-6-17/h1-8,13,19-20,23H,9-12,14-16H2/t19-,20+. The molecule has 5 nitrogen and oxygen atoms in total. The van der Waals surface area contributed by atoms with Crippen LogP contribution in [-0.2, 0) is 15.6 Å². The molecule has 2 aliphatic rings. The third-order valence-corrected chi connectivity index (χ3v) is 7.63. The van der Waals surface area contributed by atoms with E-state index in [-0.39, 0.29) is 16.6 Å². The Labute approximate surface area is 166 Å². The molecule has 0 saturated carbocycles. The maximum absolute atomic E-state index is 13.0. The molecule has 2 aromatic rings. The summed E-state index contributed by atoms with van der Waals surface area (Å²) in [7, 11) is -3.50. The second-order valence-corrected chi connectivity index (χ2v) is 9.81. The number of benzene rings is 2. The zero-order valence-corrected chi connectivity index (χ0v) is 16.7. The molecule has 0 bridgehead atoms. The summed E-state index contributed by atoms with van der Waals surface area (Å²) < 4.78 is 25.6. The molecule has 0 unspecified atom stereocenters. The number of amides is 1. The smallest absolute Gasteiger partial charge is 0.253 e. The number of hydrogen-bond acceptors (Lipinski definition) is 4. The maximum Gasteiger partial charge on any atom is 0.253 e. The SMILES string of the molecule is O=C(c1cccc(S(=O)(=O)Cc2ccccc2)c1)N1CC[C@@H]2CNC[C@@H]2CC1. The Morgan fingerprint density at radius 3 is 2.32 bits per heavy atom. The first-order valence-corrected chi connectivity index (χ1v) is 11.5. The van der Waals surface area contributed by atoms with Gasteiger partial charge in [0.15, 0.2) is 9.84 Å². The van der Waals surface area contributed by atoms with E-state index in [9.17, 15) is 13.2 Å². The molecule has 1 amide bonds. The molecule has 0 aliphatic carbocycles. The van der Waals surface area contributed by atoms with Crippen LogP contribution in [0.2, 0.25) is 0 Å². The number of nitrogens with one attached hydrogen (secondary N) is 1. The second-order valence-electron chi connectivity index (χ2n) is 7.82. The summed E-state index contributed by atoms with van der Waals surface area (Å²) in [4.78, 5) is 15.1. The van der Waals surface area contributed by atoms with E-state index in [0.717, 1.165) is 44.6 Å². The van der Waals surface area contributed by atoms with Crippen molar-refractivity contribution < 1.29 is 13.2 Å². The van der Waals surface area contributed by atoms with E-state index in [4.69, 9.17) is 0 Å². The Morgan fingerprint density at radius 2 is 1.64 bits per heavy atom. The fraction of sp³-hybridized carbons (Fsp3) is 0.409. The number of rotatable bonds is 4. The Balaban J connectivity index is 1.51. The topological polar surface area (TPSA) is 66.5 Å². The Kier molecular flexibility index (Phi) is 5.51. The van der Waals surface area contributed by atoms with E-state index in [1.165, 1.54) is 6.07 Å². The van der Waals surface area contributed by atoms with Gasteiger partial charge in [-0.3, -0.25) is 4.79 Å². The third kappa shape index (κ3) is 4.13. The molecule has 4 rings (SSSR count). The van der Waals surface area contributed by atoms with Gasteiger partial charge in [-0.15, -0.1) is 0 Å². The molecule has 0 radical (unpaired) electrons. The number of likely N-dealkylation sites (tertiary alicyclic amines) is 1. The summed E-state index contributed by atoms with van der Waals surface area (Å²) in [6, 6.07) is 15.6. The number of nitrogens with zero attached hydrogens (tertiary/aromatic N) is 1. The molecule has 6 heteroatoms. The van der Waals surface area contributed by atoms with Gasteiger partial charge in [0.1, 0.15) is 0 Å². The van der Waals surface area contributed by atoms with Gasteiger partial charge in [0, 0.05) is 18.7 Å². The van der Waals surface area contributed by atoms with Crippen molar-refractivity contribution in [2.24, 2.45) is 11.8 Å². The minimum atomic E-state index is -3.50. The molecule has 28 heavy (non-hydrogen) atoms. The quantitative estimate of drug-likeness (QED) is 0.860. The van der Waals surface area contributed by atoms with Gasteiger partial charge in [-0.1, -0.05) is 36.4 Å². The highest BCUT2D eigenvalue weighted by atomic mass is 32.2. The number of hydrogen-bond donors (Lipinski definition) is 1. The van der Waals surface area contributed by atoms with Crippen LogP contribution >= 0.6 is 0 Å². The number of fused-ring (bicyclic) bond motifs is 1. The van der Waals surface area contributed by atoms with Crippen LogP contribution in [-0.4, -0.2) is 45.4 Å². The van der Waals surface area contributed by atoms with E-state index < -0.39 is 9.84 Å². The van der Waals surface area contributed by atoms with Crippen LogP contribution in [0.1, 0.15) is 28.8 Å². The van der Waals surface area contributed by atoms with Crippen molar-refractivity contribution in [3.05, 3.63) is 65.7 Å². The lowest BCUT2D eigenvalue weighted by molar-refractivity contribution is 0.0758. The number of carbonyl (C=O) groups is 1. The molecule has 0 spiro atoms. The van der Waals surface area contributed by atoms with Gasteiger partial charge in [-0.2, -0.15) is 0 Å². The van der Waals surface area contributed by atoms with Gasteiger partial charge in [0.25, 0.3) is 5.91 Å². The van der Waals surface area contributed by atoms with Gasteiger partial charge in [-0.25, -0.2) is 8.42 Å². The molecular formula is C22H26N2O3S. The Hall–Kier alpha value is -2.18. The van der Waals surface area contributed by atoms with E-state index in [1.54, 1.807) is 30.3 Å². The lowest BCUT2D eigenvalue weighted by atomic mass is 9.92. The summed E-state index contributed by atoms with van der Waals surface area (Å²) >= 11 is 0. The average Bonchev–Trinajstić information content (AvgIpc) is 3.06. The summed E-state index contributed by atoms with van der Waals surface area (Å²) in [6.45, 7) is 3.56. The molecule has 148 valence electrons. The van der Waals surface area contributed by atoms with Crippen LogP contribution in [0, 0.1) is 11.8 Å². The lowest BCUT2D eigenvalue weighted by Crippen LogP contribution is -2.32. The van der Waals surface area contributed by atoms with Gasteiger partial charge in [0.05, 0.1) is 10.6 Å². The predicted molar refractivity (Wildman–Crippen MR) is 109 cm³/mol. The summed E-state index contributed by atoms with van der Waals surface area (Å²) in [6.07, 6.45) is 2.02. The van der Waals surface area contributed by atoms with Crippen LogP contribution in [0.4, 0.5) is 0 Å². The monoisotopic (exact) mass is 398 g/mol. The fourth-order valence-corrected chi connectivity index (χ4v) is 5.69. The van der Waals surface area contributed by atoms with Gasteiger partial charge in [0.2, 0.25) is 0 Å². The van der Waals surface area contributed by atoms with Gasteiger partial charge >= 0.3 is 0 Å². The Morgan fingerprint density at radius 1 is 0.964 bits per heavy atom. The fourth-order valence-electron chi connectivity index (χ4n) is 4.30. The van der Waals surface area contributed by atoms with E-state index >= 15 is 0 Å². The molecular weight excluding hydrogens is 372 g/mol. The largest absolute Gasteiger partial charge is 0.339 e. The molecule has 2 aromatic carbocycles. The molecule has 2 atom stereocenters. The van der Waals surface area contributed by atoms with Crippen molar-refractivity contribution in [3.8, 4) is 0 Å². The Bertz CT molecular complexity index is 929. The minimum Gasteiger partial charge on any atom is -0.339 e. The second kappa shape index (κ2) is 8.05. The van der Waals surface area contributed by atoms with Crippen molar-refractivity contribution in [3.63, 3.8) is 0 Å². The maximum atomic E-state index is 13.0. The first kappa shape index (κ1) is 19.2. The molecule has 2 heterocycles. The summed E-state index contributed by atoms with van der Waals surface area (Å²) in [5.74, 6) is 1.17. The van der Waals surface area contributed by atoms with Gasteiger partial charge < -0.3 is 10.2 Å². The normalized spacial score (nSPS) is 22.5. The zero-order chi connectivity index (χ0) is 19.6. The average molecular weight is 399 g/mol. The predicted octanol–water partition coefficient (Wildman–Crippen LogP) is 2.73. The van der Waals surface area contributed by atoms with Crippen molar-refractivity contribution in [2.45, 2.75) is 23.5 Å². The van der Waals surface area contributed by atoms with Crippen LogP contribution in [0.15, 0.2) is 59.5 Å². The van der Waals surface area contributed by atoms with Crippen LogP contribution in [0.5, 0.6) is 0 Å². The lowest BCUT2D eigenvalue weighted by Gasteiger charge is -2.21. The molecule has 2 aliphatic heterocycles. The molecule has 2 fully saturated rings. The van der Waals surface area contributed by atoms with Crippen LogP contribution in [0.3, 0.4) is 0 Å². The van der Waals surface area contributed by atoms with Crippen molar-refractivity contribution in [2.75, 3.05) is 26.2 Å². The summed E-state index contributed by atoms with van der Waals surface area (Å²) in [5, 5.41) is 3.44. The first-order chi connectivity index (χ1) is 13.5. The number of sulfone groups is 1. The van der Waals surface area contributed by atoms with Crippen LogP contribution < -0.4 is 5.32 Å².